The van der Waals surface area contributed by atoms with Crippen molar-refractivity contribution in [3.63, 3.8) is 0 Å². The summed E-state index contributed by atoms with van der Waals surface area (Å²) < 4.78 is 63.6. The van der Waals surface area contributed by atoms with Gasteiger partial charge in [-0.25, -0.2) is 18.5 Å². The van der Waals surface area contributed by atoms with Crippen LogP contribution in [0.2, 0.25) is 0 Å². The summed E-state index contributed by atoms with van der Waals surface area (Å²) in [5.74, 6) is 0.105. The molecule has 0 amide bonds. The van der Waals surface area contributed by atoms with Gasteiger partial charge in [0.2, 0.25) is 10.0 Å². The van der Waals surface area contributed by atoms with Crippen molar-refractivity contribution in [2.75, 3.05) is 0 Å². The summed E-state index contributed by atoms with van der Waals surface area (Å²) in [6.07, 6.45) is -2.92. The van der Waals surface area contributed by atoms with E-state index in [1.165, 1.54) is 28.8 Å². The number of sulfonamides is 1. The van der Waals surface area contributed by atoms with Crippen molar-refractivity contribution >= 4 is 10.0 Å². The van der Waals surface area contributed by atoms with Crippen molar-refractivity contribution in [1.82, 2.24) is 9.55 Å². The fraction of sp³-hybridized carbons (Fsp3) is 0.167. The molecule has 0 spiro atoms. The van der Waals surface area contributed by atoms with Gasteiger partial charge in [-0.2, -0.15) is 13.2 Å². The Balaban J connectivity index is 2.14. The SMILES string of the molecule is CCc1ccc(-c2nc(C(F)(F)F)cn2-c2ccc(S(N)(=O)=O)cc2)cc1. The van der Waals surface area contributed by atoms with Gasteiger partial charge in [0.25, 0.3) is 0 Å². The van der Waals surface area contributed by atoms with E-state index in [0.29, 0.717) is 11.3 Å². The lowest BCUT2D eigenvalue weighted by Crippen LogP contribution is -2.12. The van der Waals surface area contributed by atoms with E-state index in [9.17, 15) is 21.6 Å². The first-order valence-electron chi connectivity index (χ1n) is 7.98. The van der Waals surface area contributed by atoms with Crippen LogP contribution in [0, 0.1) is 0 Å². The minimum atomic E-state index is -4.61. The number of primary sulfonamides is 1. The monoisotopic (exact) mass is 395 g/mol. The maximum Gasteiger partial charge on any atom is 0.434 e. The Labute approximate surface area is 154 Å². The molecule has 3 aromatic rings. The highest BCUT2D eigenvalue weighted by atomic mass is 32.2. The lowest BCUT2D eigenvalue weighted by molar-refractivity contribution is -0.140. The molecule has 142 valence electrons. The first kappa shape index (κ1) is 19.1. The van der Waals surface area contributed by atoms with Gasteiger partial charge in [0.15, 0.2) is 5.69 Å². The first-order valence-corrected chi connectivity index (χ1v) is 9.53. The minimum absolute atomic E-state index is 0.105. The molecular weight excluding hydrogens is 379 g/mol. The fourth-order valence-corrected chi connectivity index (χ4v) is 3.12. The molecule has 0 unspecified atom stereocenters. The number of rotatable bonds is 4. The number of aryl methyl sites for hydroxylation is 1. The Hall–Kier alpha value is -2.65. The van der Waals surface area contributed by atoms with E-state index in [4.69, 9.17) is 5.14 Å². The zero-order chi connectivity index (χ0) is 19.8. The van der Waals surface area contributed by atoms with Crippen molar-refractivity contribution in [3.05, 3.63) is 66.0 Å². The molecule has 1 aromatic heterocycles. The molecule has 0 saturated carbocycles. The molecule has 0 radical (unpaired) electrons. The van der Waals surface area contributed by atoms with Gasteiger partial charge in [0.05, 0.1) is 4.90 Å². The fourth-order valence-electron chi connectivity index (χ4n) is 2.60. The third-order valence-electron chi connectivity index (χ3n) is 4.06. The molecule has 0 atom stereocenters. The summed E-state index contributed by atoms with van der Waals surface area (Å²) in [6, 6.07) is 12.3. The zero-order valence-corrected chi connectivity index (χ0v) is 15.1. The highest BCUT2D eigenvalue weighted by Gasteiger charge is 2.35. The molecule has 0 aliphatic heterocycles. The molecule has 0 aliphatic carbocycles. The number of nitrogens with two attached hydrogens (primary N) is 1. The van der Waals surface area contributed by atoms with Crippen LogP contribution in [0.1, 0.15) is 18.2 Å². The maximum absolute atomic E-state index is 13.2. The number of hydrogen-bond acceptors (Lipinski definition) is 3. The third-order valence-corrected chi connectivity index (χ3v) is 4.99. The Bertz CT molecular complexity index is 1050. The predicted octanol–water partition coefficient (Wildman–Crippen LogP) is 3.77. The van der Waals surface area contributed by atoms with E-state index in [1.54, 1.807) is 12.1 Å². The van der Waals surface area contributed by atoms with E-state index < -0.39 is 21.9 Å². The smallest absolute Gasteiger partial charge is 0.299 e. The molecule has 1 heterocycles. The van der Waals surface area contributed by atoms with Crippen LogP contribution in [-0.4, -0.2) is 18.0 Å². The lowest BCUT2D eigenvalue weighted by atomic mass is 10.1. The molecule has 2 aromatic carbocycles. The molecule has 27 heavy (non-hydrogen) atoms. The van der Waals surface area contributed by atoms with Crippen LogP contribution in [0.3, 0.4) is 0 Å². The molecule has 3 rings (SSSR count). The highest BCUT2D eigenvalue weighted by molar-refractivity contribution is 7.89. The number of benzene rings is 2. The zero-order valence-electron chi connectivity index (χ0n) is 14.2. The summed E-state index contributed by atoms with van der Waals surface area (Å²) >= 11 is 0. The highest BCUT2D eigenvalue weighted by Crippen LogP contribution is 2.32. The van der Waals surface area contributed by atoms with E-state index in [-0.39, 0.29) is 10.7 Å². The van der Waals surface area contributed by atoms with Crippen LogP contribution in [0.15, 0.2) is 59.6 Å². The molecule has 0 fully saturated rings. The molecule has 0 saturated heterocycles. The summed E-state index contributed by atoms with van der Waals surface area (Å²) in [7, 11) is -3.89. The summed E-state index contributed by atoms with van der Waals surface area (Å²) in [5.41, 5.74) is 0.858. The van der Waals surface area contributed by atoms with E-state index >= 15 is 0 Å². The van der Waals surface area contributed by atoms with Gasteiger partial charge in [0.1, 0.15) is 5.82 Å². The van der Waals surface area contributed by atoms with Gasteiger partial charge >= 0.3 is 6.18 Å². The normalized spacial score (nSPS) is 12.3. The lowest BCUT2D eigenvalue weighted by Gasteiger charge is -2.09. The number of alkyl halides is 3. The van der Waals surface area contributed by atoms with E-state index in [0.717, 1.165) is 18.2 Å². The van der Waals surface area contributed by atoms with Crippen LogP contribution in [-0.2, 0) is 22.6 Å². The summed E-state index contributed by atoms with van der Waals surface area (Å²) in [5, 5.41) is 5.06. The molecule has 2 N–H and O–H groups in total. The van der Waals surface area contributed by atoms with Crippen LogP contribution < -0.4 is 5.14 Å². The van der Waals surface area contributed by atoms with Crippen molar-refractivity contribution in [2.24, 2.45) is 5.14 Å². The van der Waals surface area contributed by atoms with Gasteiger partial charge in [-0.3, -0.25) is 4.57 Å². The van der Waals surface area contributed by atoms with Crippen LogP contribution in [0.5, 0.6) is 0 Å². The standard InChI is InChI=1S/C18H16F3N3O2S/c1-2-12-3-5-13(6-4-12)17-23-16(18(19,20)21)11-24(17)14-7-9-15(10-8-14)27(22,25)26/h3-11H,2H2,1H3,(H2,22,25,26). The van der Waals surface area contributed by atoms with E-state index in [2.05, 4.69) is 4.98 Å². The van der Waals surface area contributed by atoms with Crippen molar-refractivity contribution in [2.45, 2.75) is 24.4 Å². The van der Waals surface area contributed by atoms with Crippen LogP contribution in [0.25, 0.3) is 17.1 Å². The quantitative estimate of drug-likeness (QED) is 0.731. The second kappa shape index (κ2) is 6.82. The predicted molar refractivity (Wildman–Crippen MR) is 94.8 cm³/mol. The van der Waals surface area contributed by atoms with Crippen LogP contribution >= 0.6 is 0 Å². The van der Waals surface area contributed by atoms with Crippen molar-refractivity contribution in [1.29, 1.82) is 0 Å². The van der Waals surface area contributed by atoms with Gasteiger partial charge < -0.3 is 0 Å². The Morgan fingerprint density at radius 1 is 1.04 bits per heavy atom. The number of halogens is 3. The molecule has 5 nitrogen and oxygen atoms in total. The van der Waals surface area contributed by atoms with Gasteiger partial charge in [-0.1, -0.05) is 31.2 Å². The Kier molecular flexibility index (Phi) is 4.83. The summed E-state index contributed by atoms with van der Waals surface area (Å²) in [4.78, 5) is 3.62. The molecule has 0 aliphatic rings. The third kappa shape index (κ3) is 4.04. The van der Waals surface area contributed by atoms with Crippen molar-refractivity contribution in [3.8, 4) is 17.1 Å². The van der Waals surface area contributed by atoms with Crippen LogP contribution in [0.4, 0.5) is 13.2 Å². The van der Waals surface area contributed by atoms with Gasteiger partial charge in [0, 0.05) is 17.4 Å². The maximum atomic E-state index is 13.2. The Morgan fingerprint density at radius 3 is 2.11 bits per heavy atom. The first-order chi connectivity index (χ1) is 12.6. The van der Waals surface area contributed by atoms with Gasteiger partial charge in [-0.05, 0) is 36.2 Å². The number of nitrogens with zero attached hydrogens (tertiary/aromatic N) is 2. The van der Waals surface area contributed by atoms with Crippen molar-refractivity contribution < 1.29 is 21.6 Å². The molecule has 9 heteroatoms. The second-order valence-corrected chi connectivity index (χ2v) is 7.47. The largest absolute Gasteiger partial charge is 0.434 e. The number of hydrogen-bond donors (Lipinski definition) is 1. The minimum Gasteiger partial charge on any atom is -0.299 e. The average Bonchev–Trinajstić information content (AvgIpc) is 3.07. The van der Waals surface area contributed by atoms with Gasteiger partial charge in [-0.15, -0.1) is 0 Å². The molecular formula is C18H16F3N3O2S. The Morgan fingerprint density at radius 2 is 1.63 bits per heavy atom. The molecule has 0 bridgehead atoms. The average molecular weight is 395 g/mol. The topological polar surface area (TPSA) is 78.0 Å². The number of aromatic nitrogens is 2. The number of imidazole rings is 1. The second-order valence-electron chi connectivity index (χ2n) is 5.91. The summed E-state index contributed by atoms with van der Waals surface area (Å²) in [6.45, 7) is 1.98. The van der Waals surface area contributed by atoms with E-state index in [1.807, 2.05) is 19.1 Å².